The molecule has 0 bridgehead atoms. The van der Waals surface area contributed by atoms with Crippen molar-refractivity contribution in [1.29, 1.82) is 0 Å². The van der Waals surface area contributed by atoms with Gasteiger partial charge in [-0.05, 0) is 64.8 Å². The SMILES string of the molecule is COc1c(-c2ccc(S(=O)(=O)N3CCOCC3)cc2)oc2c(CC=C(C)C)c(O)c(CC=C(C)C)c(O)c2c1=O. The Morgan fingerprint density at radius 2 is 1.52 bits per heavy atom. The molecule has 1 aliphatic heterocycles. The van der Waals surface area contributed by atoms with Crippen LogP contribution in [0.5, 0.6) is 17.2 Å². The zero-order valence-corrected chi connectivity index (χ0v) is 24.2. The molecule has 0 atom stereocenters. The fourth-order valence-electron chi connectivity index (χ4n) is 4.58. The molecule has 10 heteroatoms. The zero-order valence-electron chi connectivity index (χ0n) is 23.4. The van der Waals surface area contributed by atoms with Gasteiger partial charge >= 0.3 is 0 Å². The van der Waals surface area contributed by atoms with Gasteiger partial charge in [0, 0.05) is 29.8 Å². The second kappa shape index (κ2) is 11.9. The highest BCUT2D eigenvalue weighted by Crippen LogP contribution is 2.43. The van der Waals surface area contributed by atoms with Crippen molar-refractivity contribution >= 4 is 21.0 Å². The lowest BCUT2D eigenvalue weighted by Gasteiger charge is -2.26. The molecule has 214 valence electrons. The van der Waals surface area contributed by atoms with E-state index in [4.69, 9.17) is 13.9 Å². The quantitative estimate of drug-likeness (QED) is 0.366. The minimum Gasteiger partial charge on any atom is -0.507 e. The summed E-state index contributed by atoms with van der Waals surface area (Å²) in [4.78, 5) is 13.8. The van der Waals surface area contributed by atoms with Gasteiger partial charge in [-0.15, -0.1) is 0 Å². The number of phenolic OH excluding ortho intramolecular Hbond substituents is 2. The summed E-state index contributed by atoms with van der Waals surface area (Å²) in [5, 5.41) is 22.3. The molecule has 0 amide bonds. The van der Waals surface area contributed by atoms with Crippen LogP contribution in [0.2, 0.25) is 0 Å². The van der Waals surface area contributed by atoms with E-state index < -0.39 is 15.5 Å². The number of benzene rings is 2. The maximum absolute atomic E-state index is 13.7. The molecule has 2 N–H and O–H groups in total. The largest absolute Gasteiger partial charge is 0.507 e. The third-order valence-electron chi connectivity index (χ3n) is 6.80. The minimum absolute atomic E-state index is 0.0410. The molecule has 2 aromatic carbocycles. The number of rotatable bonds is 8. The van der Waals surface area contributed by atoms with Crippen LogP contribution in [0.4, 0.5) is 0 Å². The number of allylic oxidation sites excluding steroid dienone is 4. The molecule has 0 saturated carbocycles. The van der Waals surface area contributed by atoms with E-state index >= 15 is 0 Å². The first kappa shape index (κ1) is 29.4. The second-order valence-electron chi connectivity index (χ2n) is 10.2. The molecular formula is C30H35NO8S. The van der Waals surface area contributed by atoms with Crippen LogP contribution < -0.4 is 10.2 Å². The van der Waals surface area contributed by atoms with Gasteiger partial charge in [0.05, 0.1) is 25.2 Å². The number of hydrogen-bond acceptors (Lipinski definition) is 8. The maximum atomic E-state index is 13.7. The van der Waals surface area contributed by atoms with Crippen LogP contribution in [0.15, 0.2) is 61.7 Å². The summed E-state index contributed by atoms with van der Waals surface area (Å²) in [6.45, 7) is 8.86. The fraction of sp³-hybridized carbons (Fsp3) is 0.367. The summed E-state index contributed by atoms with van der Waals surface area (Å²) in [5.41, 5.74) is 2.42. The third-order valence-corrected chi connectivity index (χ3v) is 8.71. The number of methoxy groups -OCH3 is 1. The molecule has 1 saturated heterocycles. The van der Waals surface area contributed by atoms with E-state index in [2.05, 4.69) is 0 Å². The van der Waals surface area contributed by atoms with E-state index in [1.807, 2.05) is 39.8 Å². The molecule has 4 rings (SSSR count). The van der Waals surface area contributed by atoms with Gasteiger partial charge in [0.25, 0.3) is 0 Å². The predicted molar refractivity (Wildman–Crippen MR) is 154 cm³/mol. The van der Waals surface area contributed by atoms with E-state index in [1.165, 1.54) is 23.5 Å². The Balaban J connectivity index is 1.92. The Labute approximate surface area is 234 Å². The number of hydrogen-bond donors (Lipinski definition) is 2. The number of morpholine rings is 1. The average Bonchev–Trinajstić information content (AvgIpc) is 2.92. The molecule has 40 heavy (non-hydrogen) atoms. The lowest BCUT2D eigenvalue weighted by atomic mass is 9.96. The van der Waals surface area contributed by atoms with Gasteiger partial charge in [0.15, 0.2) is 5.76 Å². The molecule has 0 aliphatic carbocycles. The molecule has 2 heterocycles. The first-order valence-electron chi connectivity index (χ1n) is 13.0. The number of fused-ring (bicyclic) bond motifs is 1. The Hall–Kier alpha value is -3.60. The van der Waals surface area contributed by atoms with E-state index in [0.29, 0.717) is 24.3 Å². The van der Waals surface area contributed by atoms with Gasteiger partial charge in [-0.1, -0.05) is 23.3 Å². The van der Waals surface area contributed by atoms with Crippen LogP contribution in [-0.2, 0) is 27.6 Å². The average molecular weight is 570 g/mol. The Bertz CT molecular complexity index is 1640. The van der Waals surface area contributed by atoms with E-state index in [9.17, 15) is 23.4 Å². The highest BCUT2D eigenvalue weighted by Gasteiger charge is 2.28. The smallest absolute Gasteiger partial charge is 0.243 e. The first-order chi connectivity index (χ1) is 19.0. The monoisotopic (exact) mass is 569 g/mol. The van der Waals surface area contributed by atoms with Crippen molar-refractivity contribution < 1.29 is 32.5 Å². The highest BCUT2D eigenvalue weighted by atomic mass is 32.2. The van der Waals surface area contributed by atoms with Crippen LogP contribution >= 0.6 is 0 Å². The Morgan fingerprint density at radius 3 is 2.08 bits per heavy atom. The molecule has 1 aliphatic rings. The van der Waals surface area contributed by atoms with Gasteiger partial charge in [0.1, 0.15) is 22.5 Å². The predicted octanol–water partition coefficient (Wildman–Crippen LogP) is 4.92. The fourth-order valence-corrected chi connectivity index (χ4v) is 5.99. The first-order valence-corrected chi connectivity index (χ1v) is 14.5. The van der Waals surface area contributed by atoms with Crippen molar-refractivity contribution in [3.8, 4) is 28.6 Å². The molecule has 0 unspecified atom stereocenters. The summed E-state index contributed by atoms with van der Waals surface area (Å²) in [7, 11) is -2.39. The van der Waals surface area contributed by atoms with E-state index in [-0.39, 0.29) is 70.4 Å². The van der Waals surface area contributed by atoms with Gasteiger partial charge < -0.3 is 24.1 Å². The van der Waals surface area contributed by atoms with E-state index in [1.54, 1.807) is 12.1 Å². The number of aromatic hydroxyl groups is 2. The Kier molecular flexibility index (Phi) is 8.72. The van der Waals surface area contributed by atoms with Gasteiger partial charge in [-0.2, -0.15) is 4.31 Å². The van der Waals surface area contributed by atoms with Crippen LogP contribution in [-0.4, -0.2) is 56.3 Å². The van der Waals surface area contributed by atoms with Crippen molar-refractivity contribution in [1.82, 2.24) is 4.31 Å². The van der Waals surface area contributed by atoms with Gasteiger partial charge in [-0.25, -0.2) is 8.42 Å². The maximum Gasteiger partial charge on any atom is 0.243 e. The highest BCUT2D eigenvalue weighted by molar-refractivity contribution is 7.89. The molecule has 9 nitrogen and oxygen atoms in total. The zero-order chi connectivity index (χ0) is 29.2. The normalized spacial score (nSPS) is 14.2. The molecule has 0 spiro atoms. The number of ether oxygens (including phenoxy) is 2. The summed E-state index contributed by atoms with van der Waals surface area (Å²) in [6.07, 6.45) is 4.23. The molecule has 3 aromatic rings. The van der Waals surface area contributed by atoms with Crippen LogP contribution in [0.1, 0.15) is 38.8 Å². The Morgan fingerprint density at radius 1 is 0.950 bits per heavy atom. The molecular weight excluding hydrogens is 534 g/mol. The minimum atomic E-state index is -3.72. The summed E-state index contributed by atoms with van der Waals surface area (Å²) < 4.78 is 44.5. The van der Waals surface area contributed by atoms with Crippen molar-refractivity contribution in [3.05, 3.63) is 68.9 Å². The van der Waals surface area contributed by atoms with Crippen LogP contribution in [0, 0.1) is 0 Å². The van der Waals surface area contributed by atoms with Crippen molar-refractivity contribution in [2.75, 3.05) is 33.4 Å². The molecule has 1 fully saturated rings. The van der Waals surface area contributed by atoms with Crippen LogP contribution in [0.25, 0.3) is 22.3 Å². The van der Waals surface area contributed by atoms with Crippen LogP contribution in [0.3, 0.4) is 0 Å². The van der Waals surface area contributed by atoms with Crippen molar-refractivity contribution in [3.63, 3.8) is 0 Å². The van der Waals surface area contributed by atoms with Gasteiger partial charge in [-0.3, -0.25) is 4.79 Å². The molecule has 0 radical (unpaired) electrons. The third kappa shape index (κ3) is 5.65. The van der Waals surface area contributed by atoms with E-state index in [0.717, 1.165) is 11.1 Å². The summed E-state index contributed by atoms with van der Waals surface area (Å²) in [6, 6.07) is 5.98. The molecule has 1 aromatic heterocycles. The number of nitrogens with zero attached hydrogens (tertiary/aromatic N) is 1. The number of sulfonamides is 1. The second-order valence-corrected chi connectivity index (χ2v) is 12.1. The lowest BCUT2D eigenvalue weighted by Crippen LogP contribution is -2.40. The van der Waals surface area contributed by atoms with Crippen molar-refractivity contribution in [2.45, 2.75) is 45.4 Å². The van der Waals surface area contributed by atoms with Gasteiger partial charge in [0.2, 0.25) is 21.2 Å². The number of phenols is 2. The standard InChI is InChI=1S/C30H35NO8S/c1-18(2)6-12-22-25(32)23(13-7-19(3)4)29-24(26(22)33)27(34)30(37-5)28(39-29)20-8-10-21(11-9-20)40(35,36)31-14-16-38-17-15-31/h6-11,32-33H,12-17H2,1-5H3. The topological polar surface area (TPSA) is 127 Å². The summed E-state index contributed by atoms with van der Waals surface area (Å²) >= 11 is 0. The van der Waals surface area contributed by atoms with Crippen molar-refractivity contribution in [2.24, 2.45) is 0 Å². The summed E-state index contributed by atoms with van der Waals surface area (Å²) in [5.74, 6) is -0.592. The lowest BCUT2D eigenvalue weighted by molar-refractivity contribution is 0.0730.